The van der Waals surface area contributed by atoms with Crippen molar-refractivity contribution < 1.29 is 9.18 Å². The number of halogens is 2. The molecule has 1 aliphatic carbocycles. The van der Waals surface area contributed by atoms with Gasteiger partial charge in [0, 0.05) is 18.5 Å². The summed E-state index contributed by atoms with van der Waals surface area (Å²) in [4.78, 5) is 14.5. The first-order valence-corrected chi connectivity index (χ1v) is 9.41. The second-order valence-electron chi connectivity index (χ2n) is 7.30. The number of amides is 1. The third-order valence-electron chi connectivity index (χ3n) is 5.19. The number of likely N-dealkylation sites (N-methyl/N-ethyl adjacent to an activating group) is 1. The molecule has 2 aliphatic rings. The number of hydrogen-bond acceptors (Lipinski definition) is 6. The lowest BCUT2D eigenvalue weighted by Crippen LogP contribution is -2.46. The van der Waals surface area contributed by atoms with E-state index in [1.807, 2.05) is 7.05 Å². The molecule has 2 fully saturated rings. The van der Waals surface area contributed by atoms with E-state index in [1.165, 1.54) is 6.07 Å². The van der Waals surface area contributed by atoms with Gasteiger partial charge in [0.05, 0.1) is 17.9 Å². The Hall–Kier alpha value is -2.10. The maximum Gasteiger partial charge on any atom is 0.238 e. The third-order valence-corrected chi connectivity index (χ3v) is 5.19. The van der Waals surface area contributed by atoms with Gasteiger partial charge in [0.25, 0.3) is 0 Å². The summed E-state index contributed by atoms with van der Waals surface area (Å²) in [5.74, 6) is 0.453. The molecule has 152 valence electrons. The van der Waals surface area contributed by atoms with E-state index < -0.39 is 5.82 Å². The van der Waals surface area contributed by atoms with E-state index in [9.17, 15) is 9.18 Å². The summed E-state index contributed by atoms with van der Waals surface area (Å²) < 4.78 is 15.9. The maximum atomic E-state index is 14.2. The van der Waals surface area contributed by atoms with Crippen LogP contribution in [0.5, 0.6) is 0 Å². The minimum Gasteiger partial charge on any atom is -0.322 e. The first kappa shape index (κ1) is 20.6. The summed E-state index contributed by atoms with van der Waals surface area (Å²) in [7, 11) is 1.93. The fourth-order valence-electron chi connectivity index (χ4n) is 3.54. The number of anilines is 1. The van der Waals surface area contributed by atoms with Crippen LogP contribution in [0.1, 0.15) is 37.4 Å². The highest BCUT2D eigenvalue weighted by atomic mass is 35.5. The van der Waals surface area contributed by atoms with Crippen LogP contribution in [0.15, 0.2) is 18.2 Å². The van der Waals surface area contributed by atoms with Gasteiger partial charge in [-0.15, -0.1) is 17.5 Å². The van der Waals surface area contributed by atoms with Crippen LogP contribution in [0, 0.1) is 5.82 Å². The Morgan fingerprint density at radius 3 is 2.89 bits per heavy atom. The quantitative estimate of drug-likeness (QED) is 0.755. The van der Waals surface area contributed by atoms with E-state index in [-0.39, 0.29) is 30.5 Å². The predicted molar refractivity (Wildman–Crippen MR) is 105 cm³/mol. The van der Waals surface area contributed by atoms with Crippen molar-refractivity contribution in [2.24, 2.45) is 0 Å². The molecule has 1 saturated carbocycles. The Bertz CT molecular complexity index is 826. The summed E-state index contributed by atoms with van der Waals surface area (Å²) in [6.07, 6.45) is 4.29. The number of rotatable bonds is 6. The molecule has 1 amide bonds. The molecule has 8 nitrogen and oxygen atoms in total. The lowest BCUT2D eigenvalue weighted by Gasteiger charge is -2.31. The van der Waals surface area contributed by atoms with Crippen LogP contribution in [-0.4, -0.2) is 63.7 Å². The number of benzene rings is 1. The van der Waals surface area contributed by atoms with Gasteiger partial charge in [-0.25, -0.2) is 4.39 Å². The van der Waals surface area contributed by atoms with Gasteiger partial charge in [0.1, 0.15) is 5.82 Å². The van der Waals surface area contributed by atoms with E-state index in [0.717, 1.165) is 44.6 Å². The normalized spacial score (nSPS) is 19.9. The van der Waals surface area contributed by atoms with Gasteiger partial charge in [-0.05, 0) is 67.9 Å². The second-order valence-corrected chi connectivity index (χ2v) is 7.30. The minimum absolute atomic E-state index is 0. The van der Waals surface area contributed by atoms with Crippen molar-refractivity contribution in [3.05, 3.63) is 29.8 Å². The molecule has 2 aromatic rings. The zero-order valence-electron chi connectivity index (χ0n) is 15.8. The second kappa shape index (κ2) is 8.93. The number of nitrogens with zero attached hydrogens (tertiary/aromatic N) is 5. The first-order chi connectivity index (χ1) is 13.1. The van der Waals surface area contributed by atoms with Gasteiger partial charge in [0.15, 0.2) is 5.82 Å². The van der Waals surface area contributed by atoms with Crippen LogP contribution in [-0.2, 0) is 4.79 Å². The summed E-state index contributed by atoms with van der Waals surface area (Å²) in [6, 6.07) is 4.94. The molecule has 1 aromatic heterocycles. The number of hydrogen-bond donors (Lipinski definition) is 2. The van der Waals surface area contributed by atoms with Gasteiger partial charge >= 0.3 is 0 Å². The largest absolute Gasteiger partial charge is 0.322 e. The number of aromatic nitrogens is 4. The molecule has 2 heterocycles. The predicted octanol–water partition coefficient (Wildman–Crippen LogP) is 1.72. The zero-order chi connectivity index (χ0) is 18.8. The molecule has 1 atom stereocenters. The van der Waals surface area contributed by atoms with Gasteiger partial charge in [-0.2, -0.15) is 4.68 Å². The molecular weight excluding hydrogens is 385 g/mol. The van der Waals surface area contributed by atoms with Gasteiger partial charge in [-0.1, -0.05) is 0 Å². The maximum absolute atomic E-state index is 14.2. The fourth-order valence-corrected chi connectivity index (χ4v) is 3.54. The monoisotopic (exact) mass is 409 g/mol. The van der Waals surface area contributed by atoms with E-state index in [1.54, 1.807) is 16.8 Å². The molecule has 10 heteroatoms. The van der Waals surface area contributed by atoms with E-state index >= 15 is 0 Å². The van der Waals surface area contributed by atoms with Crippen molar-refractivity contribution in [3.63, 3.8) is 0 Å². The summed E-state index contributed by atoms with van der Waals surface area (Å²) in [6.45, 7) is 1.95. The highest BCUT2D eigenvalue weighted by Crippen LogP contribution is 2.39. The standard InChI is InChI=1S/C18H24FN7O.ClH/c1-20-13-3-2-8-25(10-13)11-17(27)21-16-9-14(6-7-15(16)19)26-18(12-4-5-12)22-23-24-26;/h6-7,9,12-13,20H,2-5,8,10-11H2,1H3,(H,21,27);1H. The van der Waals surface area contributed by atoms with Gasteiger partial charge < -0.3 is 10.6 Å². The number of nitrogens with one attached hydrogen (secondary N) is 2. The number of carbonyl (C=O) groups is 1. The Balaban J connectivity index is 0.00000225. The van der Waals surface area contributed by atoms with Crippen LogP contribution in [0.2, 0.25) is 0 Å². The van der Waals surface area contributed by atoms with Crippen molar-refractivity contribution in [1.29, 1.82) is 0 Å². The Kier molecular flexibility index (Phi) is 6.58. The number of likely N-dealkylation sites (tertiary alicyclic amines) is 1. The molecule has 0 bridgehead atoms. The number of piperidine rings is 1. The third kappa shape index (κ3) is 4.65. The molecule has 0 radical (unpaired) electrons. The average molecular weight is 410 g/mol. The lowest BCUT2D eigenvalue weighted by molar-refractivity contribution is -0.117. The van der Waals surface area contributed by atoms with Crippen LogP contribution >= 0.6 is 12.4 Å². The molecule has 1 saturated heterocycles. The van der Waals surface area contributed by atoms with E-state index in [4.69, 9.17) is 0 Å². The first-order valence-electron chi connectivity index (χ1n) is 9.41. The Labute approximate surface area is 169 Å². The lowest BCUT2D eigenvalue weighted by atomic mass is 10.1. The molecule has 1 aromatic carbocycles. The molecule has 4 rings (SSSR count). The number of carbonyl (C=O) groups excluding carboxylic acids is 1. The van der Waals surface area contributed by atoms with E-state index in [0.29, 0.717) is 17.6 Å². The summed E-state index contributed by atoms with van der Waals surface area (Å²) in [5.41, 5.74) is 0.795. The van der Waals surface area contributed by atoms with Crippen molar-refractivity contribution in [2.45, 2.75) is 37.6 Å². The average Bonchev–Trinajstić information content (AvgIpc) is 3.40. The highest BCUT2D eigenvalue weighted by molar-refractivity contribution is 5.92. The van der Waals surface area contributed by atoms with Crippen molar-refractivity contribution >= 4 is 24.0 Å². The summed E-state index contributed by atoms with van der Waals surface area (Å²) in [5, 5.41) is 17.8. The Morgan fingerprint density at radius 1 is 1.32 bits per heavy atom. The van der Waals surface area contributed by atoms with Gasteiger partial charge in [0.2, 0.25) is 5.91 Å². The number of tetrazole rings is 1. The van der Waals surface area contributed by atoms with Crippen molar-refractivity contribution in [3.8, 4) is 5.69 Å². The van der Waals surface area contributed by atoms with Crippen LogP contribution in [0.4, 0.5) is 10.1 Å². The van der Waals surface area contributed by atoms with Gasteiger partial charge in [-0.3, -0.25) is 9.69 Å². The molecule has 1 unspecified atom stereocenters. The molecular formula is C18H25ClFN7O. The topological polar surface area (TPSA) is 88.0 Å². The van der Waals surface area contributed by atoms with Crippen LogP contribution < -0.4 is 10.6 Å². The summed E-state index contributed by atoms with van der Waals surface area (Å²) >= 11 is 0. The molecule has 0 spiro atoms. The zero-order valence-corrected chi connectivity index (χ0v) is 16.6. The SMILES string of the molecule is CNC1CCCN(CC(=O)Nc2cc(-n3nnnc3C3CC3)ccc2F)C1.Cl. The molecule has 1 aliphatic heterocycles. The molecule has 2 N–H and O–H groups in total. The highest BCUT2D eigenvalue weighted by Gasteiger charge is 2.30. The van der Waals surface area contributed by atoms with Crippen LogP contribution in [0.3, 0.4) is 0 Å². The van der Waals surface area contributed by atoms with Crippen molar-refractivity contribution in [1.82, 2.24) is 30.4 Å². The van der Waals surface area contributed by atoms with Crippen LogP contribution in [0.25, 0.3) is 5.69 Å². The minimum atomic E-state index is -0.472. The van der Waals surface area contributed by atoms with Crippen molar-refractivity contribution in [2.75, 3.05) is 32.0 Å². The fraction of sp³-hybridized carbons (Fsp3) is 0.556. The smallest absolute Gasteiger partial charge is 0.238 e. The van der Waals surface area contributed by atoms with E-state index in [2.05, 4.69) is 31.1 Å². The Morgan fingerprint density at radius 2 is 2.14 bits per heavy atom. The molecule has 28 heavy (non-hydrogen) atoms.